The number of carbonyl (C=O) groups excluding carboxylic acids is 3. The first-order valence-corrected chi connectivity index (χ1v) is 11.0. The quantitative estimate of drug-likeness (QED) is 0.126. The molecular formula is C20H32N2O11. The fourth-order valence-electron chi connectivity index (χ4n) is 3.97. The van der Waals surface area contributed by atoms with E-state index in [0.717, 1.165) is 0 Å². The summed E-state index contributed by atoms with van der Waals surface area (Å²) in [5, 5.41) is 46.2. The van der Waals surface area contributed by atoms with Crippen LogP contribution in [0.1, 0.15) is 26.7 Å². The van der Waals surface area contributed by atoms with Crippen LogP contribution in [0.3, 0.4) is 0 Å². The molecule has 0 saturated carbocycles. The zero-order valence-corrected chi connectivity index (χ0v) is 18.4. The second-order valence-electron chi connectivity index (χ2n) is 8.56. The lowest BCUT2D eigenvalue weighted by molar-refractivity contribution is -0.317. The molecule has 1 amide bonds. The van der Waals surface area contributed by atoms with E-state index >= 15 is 0 Å². The Kier molecular flexibility index (Phi) is 8.75. The average molecular weight is 476 g/mol. The maximum absolute atomic E-state index is 12.9. The highest BCUT2D eigenvalue weighted by atomic mass is 16.7. The fourth-order valence-corrected chi connectivity index (χ4v) is 3.97. The molecule has 188 valence electrons. The van der Waals surface area contributed by atoms with E-state index in [2.05, 4.69) is 10.6 Å². The summed E-state index contributed by atoms with van der Waals surface area (Å²) in [6, 6.07) is -2.13. The molecule has 2 bridgehead atoms. The molecule has 4 fully saturated rings. The minimum atomic E-state index is -1.64. The average Bonchev–Trinajstić information content (AvgIpc) is 2.82. The van der Waals surface area contributed by atoms with E-state index in [4.69, 9.17) is 18.9 Å². The Morgan fingerprint density at radius 3 is 2.52 bits per heavy atom. The molecule has 13 nitrogen and oxygen atoms in total. The van der Waals surface area contributed by atoms with Crippen LogP contribution in [0.25, 0.3) is 0 Å². The second-order valence-corrected chi connectivity index (χ2v) is 8.56. The van der Waals surface area contributed by atoms with Crippen LogP contribution in [0.15, 0.2) is 0 Å². The Labute approximate surface area is 190 Å². The van der Waals surface area contributed by atoms with Gasteiger partial charge < -0.3 is 49.5 Å². The minimum absolute atomic E-state index is 0.228. The number of aliphatic hydroxyl groups excluding tert-OH is 4. The molecule has 13 heteroatoms. The molecule has 3 unspecified atom stereocenters. The molecule has 6 N–H and O–H groups in total. The van der Waals surface area contributed by atoms with Crippen LogP contribution in [0.2, 0.25) is 0 Å². The molecule has 4 aliphatic rings. The number of aldehydes is 1. The molecule has 11 atom stereocenters. The molecule has 4 saturated heterocycles. The van der Waals surface area contributed by atoms with Crippen molar-refractivity contribution in [1.29, 1.82) is 0 Å². The van der Waals surface area contributed by atoms with E-state index in [-0.39, 0.29) is 25.6 Å². The van der Waals surface area contributed by atoms with Gasteiger partial charge in [0.25, 0.3) is 0 Å². The minimum Gasteiger partial charge on any atom is -0.455 e. The summed E-state index contributed by atoms with van der Waals surface area (Å²) < 4.78 is 22.0. The zero-order chi connectivity index (χ0) is 24.3. The standard InChI is InChI=1S/C20H32N2O11/c1-3-8(2)12-17(28)21-9(4-5-23)19(29)32-11-7-30-18(22-12)15(27)16(11)33-20-14(26)13(25)10(24)6-31-20/h5,8-16,18,20,22,24-27H,3-4,6-7H2,1-2H3,(H,21,28)/t8?,9?,10-,11+,12?,13+,14+,15+,16+,18-,20+/m1/s1. The second kappa shape index (κ2) is 11.1. The first kappa shape index (κ1) is 25.9. The first-order chi connectivity index (χ1) is 15.7. The van der Waals surface area contributed by atoms with Crippen molar-refractivity contribution in [3.8, 4) is 0 Å². The van der Waals surface area contributed by atoms with Crippen LogP contribution in [0.5, 0.6) is 0 Å². The number of rotatable bonds is 6. The van der Waals surface area contributed by atoms with E-state index < -0.39 is 73.1 Å². The van der Waals surface area contributed by atoms with Crippen molar-refractivity contribution in [1.82, 2.24) is 10.6 Å². The van der Waals surface area contributed by atoms with Gasteiger partial charge in [-0.2, -0.15) is 0 Å². The lowest BCUT2D eigenvalue weighted by Gasteiger charge is -2.44. The number of aliphatic hydroxyl groups is 4. The van der Waals surface area contributed by atoms with Crippen molar-refractivity contribution in [2.24, 2.45) is 5.92 Å². The van der Waals surface area contributed by atoms with Crippen molar-refractivity contribution in [2.75, 3.05) is 13.2 Å². The Bertz CT molecular complexity index is 709. The maximum atomic E-state index is 12.9. The Morgan fingerprint density at radius 2 is 1.85 bits per heavy atom. The van der Waals surface area contributed by atoms with Gasteiger partial charge in [0.2, 0.25) is 5.91 Å². The number of nitrogens with one attached hydrogen (secondary N) is 2. The van der Waals surface area contributed by atoms with Gasteiger partial charge in [-0.15, -0.1) is 0 Å². The van der Waals surface area contributed by atoms with Gasteiger partial charge in [-0.05, 0) is 5.92 Å². The van der Waals surface area contributed by atoms with Gasteiger partial charge in [0, 0.05) is 6.42 Å². The highest BCUT2D eigenvalue weighted by Crippen LogP contribution is 2.27. The van der Waals surface area contributed by atoms with Crippen LogP contribution >= 0.6 is 0 Å². The molecule has 0 aliphatic carbocycles. The molecular weight excluding hydrogens is 444 g/mol. The molecule has 4 aliphatic heterocycles. The lowest BCUT2D eigenvalue weighted by Crippen LogP contribution is -2.64. The molecule has 0 radical (unpaired) electrons. The smallest absolute Gasteiger partial charge is 0.329 e. The monoisotopic (exact) mass is 476 g/mol. The topological polar surface area (TPSA) is 193 Å². The van der Waals surface area contributed by atoms with E-state index in [1.165, 1.54) is 0 Å². The molecule has 0 spiro atoms. The highest BCUT2D eigenvalue weighted by Gasteiger charge is 2.49. The zero-order valence-electron chi connectivity index (χ0n) is 18.4. The molecule has 4 heterocycles. The Hall–Kier alpha value is -1.71. The van der Waals surface area contributed by atoms with Crippen molar-refractivity contribution < 1.29 is 53.8 Å². The third kappa shape index (κ3) is 5.69. The van der Waals surface area contributed by atoms with Gasteiger partial charge in [0.15, 0.2) is 12.4 Å². The SMILES string of the molecule is CCC(C)C1N[C@@H]2OC[C@H](OC(=O)C(CC=O)NC1=O)[C@H](O[C@@H]1OC[C@@H](O)[C@H](O)[C@@H]1O)[C@@H]2O. The lowest BCUT2D eigenvalue weighted by atomic mass is 9.96. The summed E-state index contributed by atoms with van der Waals surface area (Å²) in [7, 11) is 0. The maximum Gasteiger partial charge on any atom is 0.329 e. The molecule has 0 aromatic heterocycles. The Morgan fingerprint density at radius 1 is 1.12 bits per heavy atom. The predicted molar refractivity (Wildman–Crippen MR) is 107 cm³/mol. The summed E-state index contributed by atoms with van der Waals surface area (Å²) in [5.74, 6) is -1.71. The van der Waals surface area contributed by atoms with E-state index in [0.29, 0.717) is 12.7 Å². The predicted octanol–water partition coefficient (Wildman–Crippen LogP) is -3.47. The largest absolute Gasteiger partial charge is 0.455 e. The van der Waals surface area contributed by atoms with Crippen LogP contribution in [-0.4, -0.2) is 113 Å². The number of amides is 1. The van der Waals surface area contributed by atoms with Crippen molar-refractivity contribution in [3.05, 3.63) is 0 Å². The number of hydrogen-bond acceptors (Lipinski definition) is 12. The first-order valence-electron chi connectivity index (χ1n) is 11.0. The van der Waals surface area contributed by atoms with Crippen molar-refractivity contribution in [2.45, 2.75) is 87.9 Å². The molecule has 0 aromatic rings. The number of fused-ring (bicyclic) bond motifs is 8. The molecule has 0 aromatic carbocycles. The van der Waals surface area contributed by atoms with Gasteiger partial charge in [-0.1, -0.05) is 20.3 Å². The van der Waals surface area contributed by atoms with E-state index in [9.17, 15) is 34.8 Å². The van der Waals surface area contributed by atoms with E-state index in [1.807, 2.05) is 6.92 Å². The van der Waals surface area contributed by atoms with Crippen molar-refractivity contribution >= 4 is 18.2 Å². The van der Waals surface area contributed by atoms with Crippen molar-refractivity contribution in [3.63, 3.8) is 0 Å². The van der Waals surface area contributed by atoms with Crippen LogP contribution in [0.4, 0.5) is 0 Å². The Balaban J connectivity index is 1.89. The summed E-state index contributed by atoms with van der Waals surface area (Å²) in [6.07, 6.45) is -10.3. The van der Waals surface area contributed by atoms with Crippen LogP contribution in [0, 0.1) is 5.92 Å². The summed E-state index contributed by atoms with van der Waals surface area (Å²) in [5.41, 5.74) is 0. The molecule has 33 heavy (non-hydrogen) atoms. The number of ether oxygens (including phenoxy) is 4. The van der Waals surface area contributed by atoms with Gasteiger partial charge in [-0.3, -0.25) is 10.1 Å². The highest BCUT2D eigenvalue weighted by molar-refractivity contribution is 5.89. The summed E-state index contributed by atoms with van der Waals surface area (Å²) >= 11 is 0. The third-order valence-corrected chi connectivity index (χ3v) is 6.24. The number of esters is 1. The van der Waals surface area contributed by atoms with Gasteiger partial charge in [-0.25, -0.2) is 4.79 Å². The van der Waals surface area contributed by atoms with Gasteiger partial charge in [0.05, 0.1) is 19.3 Å². The van der Waals surface area contributed by atoms with Crippen LogP contribution < -0.4 is 10.6 Å². The third-order valence-electron chi connectivity index (χ3n) is 6.24. The molecule has 4 rings (SSSR count). The number of hydrogen-bond donors (Lipinski definition) is 6. The summed E-state index contributed by atoms with van der Waals surface area (Å²) in [6.45, 7) is 3.11. The number of carbonyl (C=O) groups is 3. The van der Waals surface area contributed by atoms with Gasteiger partial charge in [0.1, 0.15) is 49.1 Å². The van der Waals surface area contributed by atoms with E-state index in [1.54, 1.807) is 6.92 Å². The normalized spacial score (nSPS) is 43.2. The van der Waals surface area contributed by atoms with Crippen LogP contribution in [-0.2, 0) is 33.3 Å². The summed E-state index contributed by atoms with van der Waals surface area (Å²) in [4.78, 5) is 36.7. The van der Waals surface area contributed by atoms with Gasteiger partial charge >= 0.3 is 5.97 Å². The fraction of sp³-hybridized carbons (Fsp3) is 0.850.